The van der Waals surface area contributed by atoms with Gasteiger partial charge in [-0.05, 0) is 31.2 Å². The molecule has 0 spiro atoms. The van der Waals surface area contributed by atoms with Gasteiger partial charge in [0.05, 0.1) is 6.04 Å². The number of carbonyl (C=O) groups is 1. The second-order valence-electron chi connectivity index (χ2n) is 5.37. The van der Waals surface area contributed by atoms with Crippen molar-refractivity contribution in [3.05, 3.63) is 35.9 Å². The van der Waals surface area contributed by atoms with Gasteiger partial charge in [0.15, 0.2) is 0 Å². The third-order valence-corrected chi connectivity index (χ3v) is 3.82. The van der Waals surface area contributed by atoms with Crippen molar-refractivity contribution in [2.45, 2.75) is 44.6 Å². The van der Waals surface area contributed by atoms with E-state index < -0.39 is 0 Å². The maximum Gasteiger partial charge on any atom is 0.239 e. The number of hydrogen-bond acceptors (Lipinski definition) is 2. The van der Waals surface area contributed by atoms with E-state index in [1.54, 1.807) is 0 Å². The van der Waals surface area contributed by atoms with Crippen LogP contribution in [0.25, 0.3) is 0 Å². The Hall–Kier alpha value is -1.35. The number of aryl methyl sites for hydroxylation is 1. The molecular weight excluding hydrogens is 236 g/mol. The van der Waals surface area contributed by atoms with Crippen molar-refractivity contribution in [2.24, 2.45) is 5.73 Å². The van der Waals surface area contributed by atoms with Crippen LogP contribution in [0.4, 0.5) is 0 Å². The van der Waals surface area contributed by atoms with Gasteiger partial charge >= 0.3 is 0 Å². The van der Waals surface area contributed by atoms with Crippen LogP contribution < -0.4 is 5.73 Å². The fourth-order valence-corrected chi connectivity index (χ4v) is 2.62. The van der Waals surface area contributed by atoms with Gasteiger partial charge in [0.2, 0.25) is 5.91 Å². The zero-order valence-corrected chi connectivity index (χ0v) is 11.6. The summed E-state index contributed by atoms with van der Waals surface area (Å²) in [7, 11) is 0. The van der Waals surface area contributed by atoms with Crippen LogP contribution in [0.3, 0.4) is 0 Å². The summed E-state index contributed by atoms with van der Waals surface area (Å²) in [6.45, 7) is 1.77. The van der Waals surface area contributed by atoms with Crippen molar-refractivity contribution in [1.82, 2.24) is 4.90 Å². The molecular formula is C16H24N2O. The minimum atomic E-state index is -0.349. The molecule has 0 aromatic heterocycles. The van der Waals surface area contributed by atoms with Crippen molar-refractivity contribution >= 4 is 5.91 Å². The van der Waals surface area contributed by atoms with Crippen LogP contribution in [0, 0.1) is 0 Å². The van der Waals surface area contributed by atoms with Gasteiger partial charge in [-0.15, -0.1) is 0 Å². The lowest BCUT2D eigenvalue weighted by atomic mass is 10.0. The number of rotatable bonds is 4. The Morgan fingerprint density at radius 2 is 1.74 bits per heavy atom. The molecule has 2 N–H and O–H groups in total. The molecule has 1 aliphatic heterocycles. The molecule has 1 fully saturated rings. The number of hydrogen-bond donors (Lipinski definition) is 1. The van der Waals surface area contributed by atoms with Crippen LogP contribution in [-0.2, 0) is 11.2 Å². The van der Waals surface area contributed by atoms with E-state index in [1.807, 2.05) is 23.1 Å². The van der Waals surface area contributed by atoms with E-state index >= 15 is 0 Å². The van der Waals surface area contributed by atoms with Crippen molar-refractivity contribution in [2.75, 3.05) is 13.1 Å². The highest BCUT2D eigenvalue weighted by atomic mass is 16.2. The first kappa shape index (κ1) is 14.1. The second kappa shape index (κ2) is 7.29. The fraction of sp³-hybridized carbons (Fsp3) is 0.562. The topological polar surface area (TPSA) is 46.3 Å². The van der Waals surface area contributed by atoms with Gasteiger partial charge in [0.1, 0.15) is 0 Å². The van der Waals surface area contributed by atoms with Crippen molar-refractivity contribution < 1.29 is 4.79 Å². The van der Waals surface area contributed by atoms with Gasteiger partial charge in [-0.3, -0.25) is 4.79 Å². The maximum atomic E-state index is 12.3. The molecule has 3 heteroatoms. The van der Waals surface area contributed by atoms with Crippen molar-refractivity contribution in [3.8, 4) is 0 Å². The first-order chi connectivity index (χ1) is 9.27. The lowest BCUT2D eigenvalue weighted by molar-refractivity contribution is -0.132. The van der Waals surface area contributed by atoms with Crippen LogP contribution in [0.1, 0.15) is 37.7 Å². The highest BCUT2D eigenvalue weighted by molar-refractivity contribution is 5.81. The Morgan fingerprint density at radius 3 is 2.37 bits per heavy atom. The number of benzene rings is 1. The molecule has 1 aliphatic rings. The average Bonchev–Trinajstić information content (AvgIpc) is 2.74. The van der Waals surface area contributed by atoms with E-state index in [0.29, 0.717) is 0 Å². The fourth-order valence-electron chi connectivity index (χ4n) is 2.62. The van der Waals surface area contributed by atoms with E-state index in [1.165, 1.54) is 18.4 Å². The quantitative estimate of drug-likeness (QED) is 0.903. The van der Waals surface area contributed by atoms with Crippen LogP contribution in [0.2, 0.25) is 0 Å². The number of nitrogens with zero attached hydrogens (tertiary/aromatic N) is 1. The van der Waals surface area contributed by atoms with Crippen LogP contribution in [0.5, 0.6) is 0 Å². The van der Waals surface area contributed by atoms with Crippen molar-refractivity contribution in [3.63, 3.8) is 0 Å². The van der Waals surface area contributed by atoms with Gasteiger partial charge in [-0.25, -0.2) is 0 Å². The predicted molar refractivity (Wildman–Crippen MR) is 77.8 cm³/mol. The Bertz CT molecular complexity index is 383. The standard InChI is InChI=1S/C16H24N2O/c17-15(11-10-14-8-4-3-5-9-14)16(19)18-12-6-1-2-7-13-18/h3-5,8-9,15H,1-2,6-7,10-13,17H2/t15-/m0/s1. The normalized spacial score (nSPS) is 17.8. The minimum Gasteiger partial charge on any atom is -0.341 e. The molecule has 1 aromatic carbocycles. The number of carbonyl (C=O) groups excluding carboxylic acids is 1. The summed E-state index contributed by atoms with van der Waals surface area (Å²) in [6, 6.07) is 9.88. The molecule has 0 radical (unpaired) electrons. The highest BCUT2D eigenvalue weighted by Crippen LogP contribution is 2.12. The Labute approximate surface area is 115 Å². The first-order valence-corrected chi connectivity index (χ1v) is 7.35. The van der Waals surface area contributed by atoms with E-state index in [9.17, 15) is 4.79 Å². The summed E-state index contributed by atoms with van der Waals surface area (Å²) < 4.78 is 0. The Morgan fingerprint density at radius 1 is 1.11 bits per heavy atom. The zero-order valence-electron chi connectivity index (χ0n) is 11.6. The molecule has 1 amide bonds. The lowest BCUT2D eigenvalue weighted by Gasteiger charge is -2.24. The molecule has 1 heterocycles. The molecule has 19 heavy (non-hydrogen) atoms. The second-order valence-corrected chi connectivity index (χ2v) is 5.37. The molecule has 2 rings (SSSR count). The molecule has 0 saturated carbocycles. The summed E-state index contributed by atoms with van der Waals surface area (Å²) in [5, 5.41) is 0. The monoisotopic (exact) mass is 260 g/mol. The molecule has 0 unspecified atom stereocenters. The predicted octanol–water partition coefficient (Wildman–Crippen LogP) is 2.35. The molecule has 104 valence electrons. The number of amides is 1. The summed E-state index contributed by atoms with van der Waals surface area (Å²) in [5.41, 5.74) is 7.31. The minimum absolute atomic E-state index is 0.137. The molecule has 1 saturated heterocycles. The summed E-state index contributed by atoms with van der Waals surface area (Å²) in [6.07, 6.45) is 6.33. The van der Waals surface area contributed by atoms with Crippen molar-refractivity contribution in [1.29, 1.82) is 0 Å². The van der Waals surface area contributed by atoms with Crippen LogP contribution in [-0.4, -0.2) is 29.9 Å². The lowest BCUT2D eigenvalue weighted by Crippen LogP contribution is -2.44. The molecule has 1 aromatic rings. The zero-order chi connectivity index (χ0) is 13.5. The van der Waals surface area contributed by atoms with Crippen LogP contribution in [0.15, 0.2) is 30.3 Å². The van der Waals surface area contributed by atoms with E-state index in [-0.39, 0.29) is 11.9 Å². The Kier molecular flexibility index (Phi) is 5.40. The molecule has 0 bridgehead atoms. The van der Waals surface area contributed by atoms with Crippen LogP contribution >= 0.6 is 0 Å². The molecule has 3 nitrogen and oxygen atoms in total. The number of nitrogens with two attached hydrogens (primary N) is 1. The average molecular weight is 260 g/mol. The maximum absolute atomic E-state index is 12.3. The summed E-state index contributed by atoms with van der Waals surface area (Å²) in [5.74, 6) is 0.137. The SMILES string of the molecule is N[C@@H](CCc1ccccc1)C(=O)N1CCCCCC1. The Balaban J connectivity index is 1.81. The highest BCUT2D eigenvalue weighted by Gasteiger charge is 2.21. The summed E-state index contributed by atoms with van der Waals surface area (Å²) >= 11 is 0. The van der Waals surface area contributed by atoms with E-state index in [4.69, 9.17) is 5.73 Å². The third kappa shape index (κ3) is 4.35. The van der Waals surface area contributed by atoms with E-state index in [0.717, 1.165) is 38.8 Å². The van der Waals surface area contributed by atoms with Gasteiger partial charge in [-0.2, -0.15) is 0 Å². The van der Waals surface area contributed by atoms with Gasteiger partial charge in [0, 0.05) is 13.1 Å². The van der Waals surface area contributed by atoms with Gasteiger partial charge in [-0.1, -0.05) is 43.2 Å². The smallest absolute Gasteiger partial charge is 0.239 e. The number of likely N-dealkylation sites (tertiary alicyclic amines) is 1. The molecule has 0 aliphatic carbocycles. The van der Waals surface area contributed by atoms with Gasteiger partial charge in [0.25, 0.3) is 0 Å². The summed E-state index contributed by atoms with van der Waals surface area (Å²) in [4.78, 5) is 14.2. The first-order valence-electron chi connectivity index (χ1n) is 7.35. The molecule has 1 atom stereocenters. The largest absolute Gasteiger partial charge is 0.341 e. The van der Waals surface area contributed by atoms with E-state index in [2.05, 4.69) is 12.1 Å². The third-order valence-electron chi connectivity index (χ3n) is 3.82. The van der Waals surface area contributed by atoms with Gasteiger partial charge < -0.3 is 10.6 Å².